The van der Waals surface area contributed by atoms with E-state index >= 15 is 0 Å². The maximum absolute atomic E-state index is 5.68. The Morgan fingerprint density at radius 1 is 1.69 bits per heavy atom. The largest absolute Gasteiger partial charge is 0.329 e. The molecule has 0 bridgehead atoms. The monoisotopic (exact) mass is 198 g/mol. The van der Waals surface area contributed by atoms with Crippen LogP contribution in [0.1, 0.15) is 18.5 Å². The molecular weight excluding hydrogens is 184 g/mol. The van der Waals surface area contributed by atoms with Crippen LogP contribution in [-0.2, 0) is 6.54 Å². The first-order valence-electron chi connectivity index (χ1n) is 4.60. The summed E-state index contributed by atoms with van der Waals surface area (Å²) in [6, 6.07) is 0.557. The van der Waals surface area contributed by atoms with Crippen molar-refractivity contribution in [1.29, 1.82) is 0 Å². The van der Waals surface area contributed by atoms with E-state index in [0.717, 1.165) is 25.3 Å². The molecule has 1 aliphatic rings. The van der Waals surface area contributed by atoms with Crippen LogP contribution in [-0.4, -0.2) is 32.8 Å². The average molecular weight is 198 g/mol. The number of aromatic nitrogens is 2. The van der Waals surface area contributed by atoms with Crippen LogP contribution in [0.3, 0.4) is 0 Å². The third-order valence-electron chi connectivity index (χ3n) is 2.54. The predicted octanol–water partition coefficient (Wildman–Crippen LogP) is 0.461. The SMILES string of the molecule is NCC1CCCN1Cc1cnsn1. The van der Waals surface area contributed by atoms with Gasteiger partial charge in [-0.2, -0.15) is 8.75 Å². The average Bonchev–Trinajstić information content (AvgIpc) is 2.76. The third-order valence-corrected chi connectivity index (χ3v) is 3.06. The van der Waals surface area contributed by atoms with E-state index in [-0.39, 0.29) is 0 Å². The molecule has 1 aliphatic heterocycles. The van der Waals surface area contributed by atoms with Gasteiger partial charge < -0.3 is 5.73 Å². The third kappa shape index (κ3) is 2.04. The van der Waals surface area contributed by atoms with E-state index in [0.29, 0.717) is 6.04 Å². The van der Waals surface area contributed by atoms with Crippen molar-refractivity contribution in [1.82, 2.24) is 13.6 Å². The van der Waals surface area contributed by atoms with Gasteiger partial charge in [-0.3, -0.25) is 4.90 Å². The Kier molecular flexibility index (Phi) is 2.87. The van der Waals surface area contributed by atoms with E-state index in [2.05, 4.69) is 13.6 Å². The lowest BCUT2D eigenvalue weighted by molar-refractivity contribution is 0.248. The number of nitrogens with two attached hydrogens (primary N) is 1. The molecule has 1 aromatic heterocycles. The van der Waals surface area contributed by atoms with Gasteiger partial charge in [0.2, 0.25) is 0 Å². The maximum atomic E-state index is 5.68. The smallest absolute Gasteiger partial charge is 0.0883 e. The Bertz CT molecular complexity index is 249. The fourth-order valence-corrected chi connectivity index (χ4v) is 2.26. The summed E-state index contributed by atoms with van der Waals surface area (Å²) in [4.78, 5) is 2.40. The first-order chi connectivity index (χ1) is 6.40. The van der Waals surface area contributed by atoms with E-state index in [1.807, 2.05) is 6.20 Å². The van der Waals surface area contributed by atoms with Crippen molar-refractivity contribution < 1.29 is 0 Å². The second kappa shape index (κ2) is 4.13. The summed E-state index contributed by atoms with van der Waals surface area (Å²) in [5.74, 6) is 0. The Balaban J connectivity index is 1.94. The van der Waals surface area contributed by atoms with Crippen molar-refractivity contribution in [3.8, 4) is 0 Å². The predicted molar refractivity (Wildman–Crippen MR) is 52.4 cm³/mol. The minimum Gasteiger partial charge on any atom is -0.329 e. The molecule has 1 atom stereocenters. The lowest BCUT2D eigenvalue weighted by Crippen LogP contribution is -2.34. The zero-order valence-electron chi connectivity index (χ0n) is 7.52. The minimum atomic E-state index is 0.557. The number of likely N-dealkylation sites (tertiary alicyclic amines) is 1. The van der Waals surface area contributed by atoms with Crippen molar-refractivity contribution in [3.05, 3.63) is 11.9 Å². The number of hydrogen-bond acceptors (Lipinski definition) is 5. The molecule has 0 aliphatic carbocycles. The highest BCUT2D eigenvalue weighted by Crippen LogP contribution is 2.18. The van der Waals surface area contributed by atoms with E-state index < -0.39 is 0 Å². The molecule has 0 radical (unpaired) electrons. The number of nitrogens with zero attached hydrogens (tertiary/aromatic N) is 3. The van der Waals surface area contributed by atoms with E-state index in [4.69, 9.17) is 5.73 Å². The minimum absolute atomic E-state index is 0.557. The summed E-state index contributed by atoms with van der Waals surface area (Å²) in [6.07, 6.45) is 4.34. The van der Waals surface area contributed by atoms with Crippen LogP contribution in [0.2, 0.25) is 0 Å². The highest BCUT2D eigenvalue weighted by molar-refractivity contribution is 6.99. The van der Waals surface area contributed by atoms with Crippen LogP contribution in [0.5, 0.6) is 0 Å². The molecule has 0 aromatic carbocycles. The van der Waals surface area contributed by atoms with Crippen LogP contribution in [0, 0.1) is 0 Å². The van der Waals surface area contributed by atoms with Gasteiger partial charge in [0.1, 0.15) is 0 Å². The molecule has 2 heterocycles. The Labute approximate surface area is 82.1 Å². The van der Waals surface area contributed by atoms with Crippen LogP contribution in [0.4, 0.5) is 0 Å². The molecule has 0 spiro atoms. The Hall–Kier alpha value is -0.520. The molecule has 2 rings (SSSR count). The quantitative estimate of drug-likeness (QED) is 0.766. The second-order valence-electron chi connectivity index (χ2n) is 3.40. The molecule has 72 valence electrons. The molecule has 0 amide bonds. The highest BCUT2D eigenvalue weighted by Gasteiger charge is 2.23. The van der Waals surface area contributed by atoms with E-state index in [1.54, 1.807) is 0 Å². The highest BCUT2D eigenvalue weighted by atomic mass is 32.1. The molecule has 2 N–H and O–H groups in total. The molecule has 5 heteroatoms. The summed E-state index contributed by atoms with van der Waals surface area (Å²) in [5, 5.41) is 0. The van der Waals surface area contributed by atoms with Gasteiger partial charge in [0, 0.05) is 19.1 Å². The topological polar surface area (TPSA) is 55.0 Å². The van der Waals surface area contributed by atoms with Gasteiger partial charge in [0.15, 0.2) is 0 Å². The van der Waals surface area contributed by atoms with Crippen LogP contribution in [0.15, 0.2) is 6.20 Å². The number of rotatable bonds is 3. The lowest BCUT2D eigenvalue weighted by atomic mass is 10.2. The van der Waals surface area contributed by atoms with Gasteiger partial charge in [-0.05, 0) is 19.4 Å². The van der Waals surface area contributed by atoms with Crippen molar-refractivity contribution in [2.24, 2.45) is 5.73 Å². The van der Waals surface area contributed by atoms with Crippen molar-refractivity contribution >= 4 is 11.7 Å². The van der Waals surface area contributed by atoms with Gasteiger partial charge in [-0.1, -0.05) is 0 Å². The van der Waals surface area contributed by atoms with Crippen LogP contribution >= 0.6 is 11.7 Å². The first-order valence-corrected chi connectivity index (χ1v) is 5.33. The molecular formula is C8H14N4S. The van der Waals surface area contributed by atoms with Gasteiger partial charge in [0.05, 0.1) is 23.6 Å². The molecule has 1 unspecified atom stereocenters. The molecule has 1 fully saturated rings. The second-order valence-corrected chi connectivity index (χ2v) is 3.96. The van der Waals surface area contributed by atoms with Crippen molar-refractivity contribution in [2.75, 3.05) is 13.1 Å². The zero-order valence-corrected chi connectivity index (χ0v) is 8.33. The fourth-order valence-electron chi connectivity index (χ4n) is 1.83. The zero-order chi connectivity index (χ0) is 9.10. The molecule has 13 heavy (non-hydrogen) atoms. The molecule has 1 aromatic rings. The van der Waals surface area contributed by atoms with Gasteiger partial charge >= 0.3 is 0 Å². The fraction of sp³-hybridized carbons (Fsp3) is 0.750. The molecule has 0 saturated carbocycles. The normalized spacial score (nSPS) is 23.9. The van der Waals surface area contributed by atoms with Gasteiger partial charge in [0.25, 0.3) is 0 Å². The van der Waals surface area contributed by atoms with Gasteiger partial charge in [-0.15, -0.1) is 0 Å². The molecule has 4 nitrogen and oxygen atoms in total. The summed E-state index contributed by atoms with van der Waals surface area (Å²) in [5.41, 5.74) is 6.75. The van der Waals surface area contributed by atoms with E-state index in [9.17, 15) is 0 Å². The Morgan fingerprint density at radius 3 is 3.31 bits per heavy atom. The van der Waals surface area contributed by atoms with Crippen LogP contribution < -0.4 is 5.73 Å². The molecule has 1 saturated heterocycles. The first kappa shape index (κ1) is 9.05. The van der Waals surface area contributed by atoms with Crippen LogP contribution in [0.25, 0.3) is 0 Å². The Morgan fingerprint density at radius 2 is 2.62 bits per heavy atom. The summed E-state index contributed by atoms with van der Waals surface area (Å²) >= 11 is 1.27. The van der Waals surface area contributed by atoms with Crippen molar-refractivity contribution in [3.63, 3.8) is 0 Å². The summed E-state index contributed by atoms with van der Waals surface area (Å²) < 4.78 is 8.18. The standard InChI is InChI=1S/C8H14N4S/c9-4-8-2-1-3-12(8)6-7-5-10-13-11-7/h5,8H,1-4,6,9H2. The lowest BCUT2D eigenvalue weighted by Gasteiger charge is -2.21. The summed E-state index contributed by atoms with van der Waals surface area (Å²) in [7, 11) is 0. The number of hydrogen-bond donors (Lipinski definition) is 1. The van der Waals surface area contributed by atoms with Crippen molar-refractivity contribution in [2.45, 2.75) is 25.4 Å². The van der Waals surface area contributed by atoms with Gasteiger partial charge in [-0.25, -0.2) is 0 Å². The maximum Gasteiger partial charge on any atom is 0.0883 e. The summed E-state index contributed by atoms with van der Waals surface area (Å²) in [6.45, 7) is 2.83. The van der Waals surface area contributed by atoms with E-state index in [1.165, 1.54) is 24.6 Å².